The molecule has 0 amide bonds. The van der Waals surface area contributed by atoms with Crippen LogP contribution >= 0.6 is 0 Å². The van der Waals surface area contributed by atoms with Crippen LogP contribution in [0.25, 0.3) is 0 Å². The summed E-state index contributed by atoms with van der Waals surface area (Å²) in [5.74, 6) is -0.145. The first-order valence-corrected chi connectivity index (χ1v) is 7.26. The summed E-state index contributed by atoms with van der Waals surface area (Å²) in [7, 11) is 0. The minimum atomic E-state index is -0.145. The lowest BCUT2D eigenvalue weighted by Crippen LogP contribution is -2.40. The van der Waals surface area contributed by atoms with E-state index in [1.165, 1.54) is 18.5 Å². The van der Waals surface area contributed by atoms with Crippen molar-refractivity contribution in [2.75, 3.05) is 24.5 Å². The van der Waals surface area contributed by atoms with Crippen LogP contribution in [0.4, 0.5) is 10.1 Å². The predicted molar refractivity (Wildman–Crippen MR) is 79.0 cm³/mol. The molecule has 0 atom stereocenters. The van der Waals surface area contributed by atoms with Gasteiger partial charge in [0.15, 0.2) is 0 Å². The van der Waals surface area contributed by atoms with Crippen molar-refractivity contribution < 1.29 is 4.39 Å². The maximum absolute atomic E-state index is 13.4. The van der Waals surface area contributed by atoms with Crippen molar-refractivity contribution in [2.24, 2.45) is 5.41 Å². The van der Waals surface area contributed by atoms with Gasteiger partial charge in [-0.3, -0.25) is 0 Å². The first kappa shape index (κ1) is 14.3. The van der Waals surface area contributed by atoms with Gasteiger partial charge in [0.1, 0.15) is 5.82 Å². The molecular formula is C16H25FN2. The van der Waals surface area contributed by atoms with E-state index in [1.54, 1.807) is 12.1 Å². The molecule has 2 nitrogen and oxygen atoms in total. The van der Waals surface area contributed by atoms with Gasteiger partial charge < -0.3 is 10.2 Å². The molecule has 0 radical (unpaired) electrons. The third kappa shape index (κ3) is 3.69. The fraction of sp³-hybridized carbons (Fsp3) is 0.625. The van der Waals surface area contributed by atoms with Crippen molar-refractivity contribution in [1.29, 1.82) is 0 Å². The zero-order valence-electron chi connectivity index (χ0n) is 12.3. The number of rotatable bonds is 4. The number of hydrogen-bond donors (Lipinski definition) is 1. The van der Waals surface area contributed by atoms with Crippen LogP contribution in [-0.2, 0) is 6.54 Å². The van der Waals surface area contributed by atoms with Crippen LogP contribution in [0.2, 0.25) is 0 Å². The predicted octanol–water partition coefficient (Wildman–Crippen LogP) is 3.56. The van der Waals surface area contributed by atoms with Crippen LogP contribution in [0.1, 0.15) is 39.2 Å². The quantitative estimate of drug-likeness (QED) is 0.894. The Balaban J connectivity index is 2.22. The highest BCUT2D eigenvalue weighted by Crippen LogP contribution is 2.33. The highest BCUT2D eigenvalue weighted by Gasteiger charge is 2.27. The molecule has 106 valence electrons. The van der Waals surface area contributed by atoms with E-state index in [0.29, 0.717) is 5.41 Å². The lowest BCUT2D eigenvalue weighted by molar-refractivity contribution is 0.293. The van der Waals surface area contributed by atoms with Crippen LogP contribution in [-0.4, -0.2) is 19.6 Å². The van der Waals surface area contributed by atoms with Gasteiger partial charge in [-0.2, -0.15) is 0 Å². The Hall–Kier alpha value is -1.09. The third-order valence-electron chi connectivity index (χ3n) is 3.85. The Morgan fingerprint density at radius 3 is 2.84 bits per heavy atom. The summed E-state index contributed by atoms with van der Waals surface area (Å²) in [5, 5.41) is 3.30. The normalized spacial score (nSPS) is 18.6. The first-order valence-electron chi connectivity index (χ1n) is 7.26. The molecule has 0 aromatic heterocycles. The summed E-state index contributed by atoms with van der Waals surface area (Å²) in [6, 6.07) is 5.18. The second-order valence-electron chi connectivity index (χ2n) is 6.24. The molecular weight excluding hydrogens is 239 g/mol. The lowest BCUT2D eigenvalue weighted by atomic mass is 9.84. The molecule has 1 aliphatic heterocycles. The van der Waals surface area contributed by atoms with Crippen LogP contribution < -0.4 is 10.2 Å². The van der Waals surface area contributed by atoms with Crippen molar-refractivity contribution in [3.05, 3.63) is 29.6 Å². The third-order valence-corrected chi connectivity index (χ3v) is 3.85. The van der Waals surface area contributed by atoms with E-state index >= 15 is 0 Å². The molecule has 3 heteroatoms. The maximum atomic E-state index is 13.4. The van der Waals surface area contributed by atoms with Crippen molar-refractivity contribution in [3.8, 4) is 0 Å². The zero-order chi connectivity index (χ0) is 13.9. The number of halogens is 1. The minimum Gasteiger partial charge on any atom is -0.371 e. The summed E-state index contributed by atoms with van der Waals surface area (Å²) in [4.78, 5) is 2.41. The Bertz CT molecular complexity index is 429. The van der Waals surface area contributed by atoms with Crippen molar-refractivity contribution in [1.82, 2.24) is 5.32 Å². The topological polar surface area (TPSA) is 15.3 Å². The molecule has 1 fully saturated rings. The Morgan fingerprint density at radius 1 is 1.37 bits per heavy atom. The van der Waals surface area contributed by atoms with Gasteiger partial charge in [-0.25, -0.2) is 4.39 Å². The molecule has 0 saturated carbocycles. The molecule has 0 unspecified atom stereocenters. The summed E-state index contributed by atoms with van der Waals surface area (Å²) in [6.45, 7) is 10.5. The van der Waals surface area contributed by atoms with E-state index < -0.39 is 0 Å². The van der Waals surface area contributed by atoms with Gasteiger partial charge in [0.25, 0.3) is 0 Å². The average molecular weight is 264 g/mol. The van der Waals surface area contributed by atoms with E-state index in [0.717, 1.165) is 31.7 Å². The van der Waals surface area contributed by atoms with E-state index in [4.69, 9.17) is 0 Å². The van der Waals surface area contributed by atoms with E-state index in [9.17, 15) is 4.39 Å². The molecule has 2 rings (SSSR count). The molecule has 19 heavy (non-hydrogen) atoms. The van der Waals surface area contributed by atoms with Crippen LogP contribution in [0.3, 0.4) is 0 Å². The number of nitrogens with zero attached hydrogens (tertiary/aromatic N) is 1. The van der Waals surface area contributed by atoms with E-state index in [-0.39, 0.29) is 5.82 Å². The van der Waals surface area contributed by atoms with E-state index in [2.05, 4.69) is 31.0 Å². The molecule has 1 N–H and O–H groups in total. The van der Waals surface area contributed by atoms with Crippen LogP contribution in [0.15, 0.2) is 18.2 Å². The Labute approximate surface area is 116 Å². The smallest absolute Gasteiger partial charge is 0.123 e. The highest BCUT2D eigenvalue weighted by molar-refractivity contribution is 5.54. The van der Waals surface area contributed by atoms with Gasteiger partial charge in [-0.1, -0.05) is 20.8 Å². The first-order chi connectivity index (χ1) is 9.02. The van der Waals surface area contributed by atoms with Gasteiger partial charge in [-0.15, -0.1) is 0 Å². The second kappa shape index (κ2) is 5.91. The molecule has 1 saturated heterocycles. The molecule has 1 aliphatic rings. The largest absolute Gasteiger partial charge is 0.371 e. The number of hydrogen-bond acceptors (Lipinski definition) is 2. The summed E-state index contributed by atoms with van der Waals surface area (Å²) >= 11 is 0. The Kier molecular flexibility index (Phi) is 4.46. The maximum Gasteiger partial charge on any atom is 0.123 e. The summed E-state index contributed by atoms with van der Waals surface area (Å²) in [5.41, 5.74) is 2.61. The van der Waals surface area contributed by atoms with Gasteiger partial charge >= 0.3 is 0 Å². The fourth-order valence-electron chi connectivity index (χ4n) is 2.89. The number of benzene rings is 1. The Morgan fingerprint density at radius 2 is 2.16 bits per heavy atom. The second-order valence-corrected chi connectivity index (χ2v) is 6.24. The standard InChI is InChI=1S/C16H25FN2/c1-4-18-11-13-10-14(17)6-7-15(13)19-9-5-8-16(2,3)12-19/h6-7,10,18H,4-5,8-9,11-12H2,1-3H3. The molecule has 1 aromatic carbocycles. The average Bonchev–Trinajstić information content (AvgIpc) is 2.35. The molecule has 1 aromatic rings. The summed E-state index contributed by atoms with van der Waals surface area (Å²) < 4.78 is 13.4. The van der Waals surface area contributed by atoms with Crippen molar-refractivity contribution in [2.45, 2.75) is 40.2 Å². The molecule has 0 spiro atoms. The van der Waals surface area contributed by atoms with Crippen LogP contribution in [0, 0.1) is 11.2 Å². The van der Waals surface area contributed by atoms with Gasteiger partial charge in [0, 0.05) is 25.3 Å². The minimum absolute atomic E-state index is 0.145. The van der Waals surface area contributed by atoms with Crippen molar-refractivity contribution in [3.63, 3.8) is 0 Å². The molecule has 0 aliphatic carbocycles. The molecule has 0 bridgehead atoms. The van der Waals surface area contributed by atoms with Gasteiger partial charge in [0.2, 0.25) is 0 Å². The van der Waals surface area contributed by atoms with Crippen molar-refractivity contribution >= 4 is 5.69 Å². The van der Waals surface area contributed by atoms with Gasteiger partial charge in [-0.05, 0) is 48.6 Å². The number of nitrogens with one attached hydrogen (secondary N) is 1. The monoisotopic (exact) mass is 264 g/mol. The van der Waals surface area contributed by atoms with Gasteiger partial charge in [0.05, 0.1) is 0 Å². The summed E-state index contributed by atoms with van der Waals surface area (Å²) in [6.07, 6.45) is 2.48. The van der Waals surface area contributed by atoms with Crippen LogP contribution in [0.5, 0.6) is 0 Å². The lowest BCUT2D eigenvalue weighted by Gasteiger charge is -2.40. The SMILES string of the molecule is CCNCc1cc(F)ccc1N1CCCC(C)(C)C1. The zero-order valence-corrected chi connectivity index (χ0v) is 12.3. The number of anilines is 1. The van der Waals surface area contributed by atoms with E-state index in [1.807, 2.05) is 6.07 Å². The fourth-order valence-corrected chi connectivity index (χ4v) is 2.89. The number of piperidine rings is 1. The highest BCUT2D eigenvalue weighted by atomic mass is 19.1. The molecule has 1 heterocycles.